The average Bonchev–Trinajstić information content (AvgIpc) is 3.34. The van der Waals surface area contributed by atoms with E-state index in [1.165, 1.54) is 0 Å². The summed E-state index contributed by atoms with van der Waals surface area (Å²) in [5.41, 5.74) is 1.51. The maximum Gasteiger partial charge on any atom is 0.274 e. The summed E-state index contributed by atoms with van der Waals surface area (Å²) in [4.78, 5) is 21.5. The van der Waals surface area contributed by atoms with Gasteiger partial charge in [-0.1, -0.05) is 11.3 Å². The van der Waals surface area contributed by atoms with Crippen molar-refractivity contribution in [1.82, 2.24) is 19.7 Å². The van der Waals surface area contributed by atoms with E-state index in [1.54, 1.807) is 22.1 Å². The van der Waals surface area contributed by atoms with Crippen LogP contribution in [0.2, 0.25) is 0 Å². The molecule has 1 amide bonds. The predicted octanol–water partition coefficient (Wildman–Crippen LogP) is 2.87. The van der Waals surface area contributed by atoms with Gasteiger partial charge in [0.25, 0.3) is 5.91 Å². The van der Waals surface area contributed by atoms with Gasteiger partial charge in [-0.3, -0.25) is 9.48 Å². The molecule has 0 N–H and O–H groups in total. The van der Waals surface area contributed by atoms with Crippen LogP contribution in [-0.4, -0.2) is 58.4 Å². The Hall–Kier alpha value is -2.61. The van der Waals surface area contributed by atoms with Crippen molar-refractivity contribution in [3.63, 3.8) is 0 Å². The van der Waals surface area contributed by atoms with Gasteiger partial charge < -0.3 is 14.5 Å². The number of aryl methyl sites for hydroxylation is 1. The molecule has 2 aromatic heterocycles. The molecule has 4 rings (SSSR count). The largest absolute Gasteiger partial charge is 0.494 e. The van der Waals surface area contributed by atoms with Crippen LogP contribution in [0.1, 0.15) is 24.3 Å². The van der Waals surface area contributed by atoms with Crippen molar-refractivity contribution in [2.75, 3.05) is 37.7 Å². The summed E-state index contributed by atoms with van der Waals surface area (Å²) in [5.74, 6) is 0.884. The first-order valence-corrected chi connectivity index (χ1v) is 10.1. The second-order valence-electron chi connectivity index (χ2n) is 6.39. The van der Waals surface area contributed by atoms with Gasteiger partial charge in [0, 0.05) is 38.9 Å². The van der Waals surface area contributed by atoms with E-state index in [0.29, 0.717) is 25.4 Å². The van der Waals surface area contributed by atoms with Gasteiger partial charge in [0.05, 0.1) is 16.8 Å². The van der Waals surface area contributed by atoms with Crippen LogP contribution >= 0.6 is 11.3 Å². The molecular weight excluding hydrogens is 362 g/mol. The maximum absolute atomic E-state index is 12.6. The van der Waals surface area contributed by atoms with Crippen LogP contribution in [0.4, 0.5) is 5.13 Å². The van der Waals surface area contributed by atoms with Gasteiger partial charge in [-0.25, -0.2) is 4.98 Å². The summed E-state index contributed by atoms with van der Waals surface area (Å²) in [6.45, 7) is 8.32. The van der Waals surface area contributed by atoms with Crippen molar-refractivity contribution < 1.29 is 9.53 Å². The first-order chi connectivity index (χ1) is 13.2. The van der Waals surface area contributed by atoms with Crippen LogP contribution in [0.25, 0.3) is 10.2 Å². The lowest BCUT2D eigenvalue weighted by atomic mass is 10.3. The van der Waals surface area contributed by atoms with Crippen LogP contribution < -0.4 is 9.64 Å². The fourth-order valence-electron chi connectivity index (χ4n) is 3.20. The van der Waals surface area contributed by atoms with Crippen molar-refractivity contribution in [2.45, 2.75) is 20.4 Å². The summed E-state index contributed by atoms with van der Waals surface area (Å²) in [5, 5.41) is 5.32. The number of rotatable bonds is 5. The Morgan fingerprint density at radius 2 is 2.00 bits per heavy atom. The zero-order valence-electron chi connectivity index (χ0n) is 15.6. The fraction of sp³-hybridized carbons (Fsp3) is 0.421. The molecule has 0 saturated carbocycles. The monoisotopic (exact) mass is 385 g/mol. The predicted molar refractivity (Wildman–Crippen MR) is 107 cm³/mol. The second kappa shape index (κ2) is 7.56. The summed E-state index contributed by atoms with van der Waals surface area (Å²) in [6.07, 6.45) is 1.85. The van der Waals surface area contributed by atoms with Gasteiger partial charge in [-0.05, 0) is 38.1 Å². The number of nitrogens with zero attached hydrogens (tertiary/aromatic N) is 5. The summed E-state index contributed by atoms with van der Waals surface area (Å²) < 4.78 is 8.48. The number of carbonyl (C=O) groups is 1. The Bertz CT molecular complexity index is 943. The molecular formula is C19H23N5O2S. The molecule has 7 nitrogen and oxygen atoms in total. The Morgan fingerprint density at radius 3 is 2.70 bits per heavy atom. The minimum atomic E-state index is 0.00695. The van der Waals surface area contributed by atoms with Crippen molar-refractivity contribution in [3.05, 3.63) is 36.2 Å². The number of aromatic nitrogens is 3. The highest BCUT2D eigenvalue weighted by atomic mass is 32.1. The summed E-state index contributed by atoms with van der Waals surface area (Å²) in [7, 11) is 0. The topological polar surface area (TPSA) is 63.5 Å². The van der Waals surface area contributed by atoms with E-state index >= 15 is 0 Å². The lowest BCUT2D eigenvalue weighted by Crippen LogP contribution is -2.48. The Labute approximate surface area is 162 Å². The van der Waals surface area contributed by atoms with E-state index in [0.717, 1.165) is 40.7 Å². The Morgan fingerprint density at radius 1 is 1.19 bits per heavy atom. The normalized spacial score (nSPS) is 14.7. The number of amides is 1. The molecule has 0 unspecified atom stereocenters. The third kappa shape index (κ3) is 3.62. The standard InChI is InChI=1S/C19H23N5O2S/c1-3-24-8-7-16(21-24)18(25)22-9-11-23(12-10-22)19-20-15-6-5-14(26-4-2)13-17(15)27-19/h5-8,13H,3-4,9-12H2,1-2H3. The molecule has 3 aromatic rings. The van der Waals surface area contributed by atoms with E-state index < -0.39 is 0 Å². The van der Waals surface area contributed by atoms with E-state index in [9.17, 15) is 4.79 Å². The number of piperazine rings is 1. The molecule has 3 heterocycles. The fourth-order valence-corrected chi connectivity index (χ4v) is 4.24. The highest BCUT2D eigenvalue weighted by Gasteiger charge is 2.25. The van der Waals surface area contributed by atoms with Gasteiger partial charge >= 0.3 is 0 Å². The molecule has 0 bridgehead atoms. The van der Waals surface area contributed by atoms with Crippen molar-refractivity contribution >= 4 is 32.6 Å². The number of anilines is 1. The molecule has 0 atom stereocenters. The first kappa shape index (κ1) is 17.8. The SMILES string of the molecule is CCOc1ccc2nc(N3CCN(C(=O)c4ccn(CC)n4)CC3)sc2c1. The van der Waals surface area contributed by atoms with Crippen LogP contribution in [0.15, 0.2) is 30.5 Å². The van der Waals surface area contributed by atoms with Gasteiger partial charge in [-0.2, -0.15) is 5.10 Å². The van der Waals surface area contributed by atoms with Crippen molar-refractivity contribution in [3.8, 4) is 5.75 Å². The van der Waals surface area contributed by atoms with Crippen molar-refractivity contribution in [1.29, 1.82) is 0 Å². The molecule has 1 aliphatic rings. The van der Waals surface area contributed by atoms with Crippen LogP contribution in [0.3, 0.4) is 0 Å². The molecule has 1 aliphatic heterocycles. The minimum Gasteiger partial charge on any atom is -0.494 e. The Balaban J connectivity index is 1.42. The third-order valence-corrected chi connectivity index (χ3v) is 5.76. The van der Waals surface area contributed by atoms with E-state index in [1.807, 2.05) is 43.1 Å². The molecule has 0 spiro atoms. The van der Waals surface area contributed by atoms with Crippen LogP contribution in [-0.2, 0) is 6.54 Å². The van der Waals surface area contributed by atoms with Crippen LogP contribution in [0, 0.1) is 0 Å². The molecule has 1 aromatic carbocycles. The maximum atomic E-state index is 12.6. The second-order valence-corrected chi connectivity index (χ2v) is 7.40. The summed E-state index contributed by atoms with van der Waals surface area (Å²) in [6, 6.07) is 7.80. The number of hydrogen-bond acceptors (Lipinski definition) is 6. The lowest BCUT2D eigenvalue weighted by molar-refractivity contribution is 0.0740. The number of fused-ring (bicyclic) bond motifs is 1. The smallest absolute Gasteiger partial charge is 0.274 e. The lowest BCUT2D eigenvalue weighted by Gasteiger charge is -2.34. The van der Waals surface area contributed by atoms with E-state index in [2.05, 4.69) is 10.00 Å². The number of hydrogen-bond donors (Lipinski definition) is 0. The van der Waals surface area contributed by atoms with E-state index in [4.69, 9.17) is 9.72 Å². The molecule has 1 fully saturated rings. The number of thiazole rings is 1. The molecule has 0 radical (unpaired) electrons. The Kier molecular flexibility index (Phi) is 4.98. The third-order valence-electron chi connectivity index (χ3n) is 4.68. The van der Waals surface area contributed by atoms with Gasteiger partial charge in [0.2, 0.25) is 0 Å². The zero-order chi connectivity index (χ0) is 18.8. The summed E-state index contributed by atoms with van der Waals surface area (Å²) >= 11 is 1.67. The molecule has 8 heteroatoms. The zero-order valence-corrected chi connectivity index (χ0v) is 16.4. The highest BCUT2D eigenvalue weighted by molar-refractivity contribution is 7.22. The number of carbonyl (C=O) groups excluding carboxylic acids is 1. The van der Waals surface area contributed by atoms with Gasteiger partial charge in [0.1, 0.15) is 11.4 Å². The van der Waals surface area contributed by atoms with E-state index in [-0.39, 0.29) is 5.91 Å². The van der Waals surface area contributed by atoms with Crippen molar-refractivity contribution in [2.24, 2.45) is 0 Å². The first-order valence-electron chi connectivity index (χ1n) is 9.29. The highest BCUT2D eigenvalue weighted by Crippen LogP contribution is 2.32. The quantitative estimate of drug-likeness (QED) is 0.676. The van der Waals surface area contributed by atoms with Gasteiger partial charge in [0.15, 0.2) is 5.13 Å². The number of benzene rings is 1. The molecule has 1 saturated heterocycles. The average molecular weight is 385 g/mol. The molecule has 142 valence electrons. The molecule has 0 aliphatic carbocycles. The molecule has 27 heavy (non-hydrogen) atoms. The number of ether oxygens (including phenoxy) is 1. The van der Waals surface area contributed by atoms with Crippen LogP contribution in [0.5, 0.6) is 5.75 Å². The minimum absolute atomic E-state index is 0.00695. The van der Waals surface area contributed by atoms with Gasteiger partial charge in [-0.15, -0.1) is 0 Å².